The predicted molar refractivity (Wildman–Crippen MR) is 325 cm³/mol. The Hall–Kier alpha value is -2.92. The van der Waals surface area contributed by atoms with Crippen LogP contribution in [0.3, 0.4) is 0 Å². The van der Waals surface area contributed by atoms with E-state index in [1.165, 1.54) is 212 Å². The Kier molecular flexibility index (Phi) is 61.8. The van der Waals surface area contributed by atoms with Gasteiger partial charge in [-0.25, -0.2) is 0 Å². The maximum Gasteiger partial charge on any atom is 0.306 e. The molecule has 5 heteroatoms. The molecule has 0 spiro atoms. The molecule has 0 aromatic rings. The van der Waals surface area contributed by atoms with E-state index in [4.69, 9.17) is 14.2 Å². The van der Waals surface area contributed by atoms with Crippen LogP contribution in [0.5, 0.6) is 0 Å². The summed E-state index contributed by atoms with van der Waals surface area (Å²) in [4.78, 5) is 25.6. The van der Waals surface area contributed by atoms with Crippen molar-refractivity contribution >= 4 is 11.9 Å². The fourth-order valence-corrected chi connectivity index (χ4v) is 9.18. The van der Waals surface area contributed by atoms with Crippen molar-refractivity contribution in [1.29, 1.82) is 0 Å². The van der Waals surface area contributed by atoms with E-state index in [1.54, 1.807) is 0 Å². The molecule has 0 aliphatic carbocycles. The molecule has 0 heterocycles. The summed E-state index contributed by atoms with van der Waals surface area (Å²) in [5.74, 6) is -0.481. The topological polar surface area (TPSA) is 61.8 Å². The van der Waals surface area contributed by atoms with Gasteiger partial charge in [0.1, 0.15) is 6.61 Å². The monoisotopic (exact) mass is 1030 g/mol. The second-order valence-corrected chi connectivity index (χ2v) is 21.3. The first-order chi connectivity index (χ1) is 36.6. The zero-order chi connectivity index (χ0) is 53.4. The van der Waals surface area contributed by atoms with E-state index in [2.05, 4.69) is 99.8 Å². The van der Waals surface area contributed by atoms with Crippen LogP contribution >= 0.6 is 0 Å². The summed E-state index contributed by atoms with van der Waals surface area (Å²) in [6, 6.07) is 0. The zero-order valence-electron chi connectivity index (χ0n) is 49.3. The van der Waals surface area contributed by atoms with Gasteiger partial charge in [0.2, 0.25) is 0 Å². The van der Waals surface area contributed by atoms with Gasteiger partial charge in [-0.15, -0.1) is 0 Å². The highest BCUT2D eigenvalue weighted by atomic mass is 16.6. The van der Waals surface area contributed by atoms with E-state index >= 15 is 0 Å². The molecule has 0 fully saturated rings. The van der Waals surface area contributed by atoms with Crippen molar-refractivity contribution in [3.63, 3.8) is 0 Å². The number of allylic oxidation sites excluding steroid dienone is 14. The van der Waals surface area contributed by atoms with Crippen LogP contribution in [0.15, 0.2) is 85.1 Å². The van der Waals surface area contributed by atoms with Crippen molar-refractivity contribution in [2.45, 2.75) is 322 Å². The van der Waals surface area contributed by atoms with Crippen LogP contribution < -0.4 is 0 Å². The van der Waals surface area contributed by atoms with Gasteiger partial charge in [-0.3, -0.25) is 9.59 Å². The lowest BCUT2D eigenvalue weighted by atomic mass is 10.0. The highest BCUT2D eigenvalue weighted by Gasteiger charge is 2.17. The van der Waals surface area contributed by atoms with Crippen LogP contribution in [0.2, 0.25) is 0 Å². The van der Waals surface area contributed by atoms with Crippen molar-refractivity contribution in [3.05, 3.63) is 85.1 Å². The average Bonchev–Trinajstić information content (AvgIpc) is 3.40. The SMILES string of the molecule is CC/C=C\C/C=C\C/C=C\C/C=C\C/C=C\C/C=C\CCC(=O)OCC(COCCCCCCCCCCCC/C=C\CCCCCCCC)OC(=O)CCCCCCCCCCCCCCCCCCCCC. The average molecular weight is 1030 g/mol. The Morgan fingerprint density at radius 3 is 1.03 bits per heavy atom. The molecule has 5 nitrogen and oxygen atoms in total. The van der Waals surface area contributed by atoms with Gasteiger partial charge in [0.25, 0.3) is 0 Å². The Morgan fingerprint density at radius 2 is 0.635 bits per heavy atom. The maximum atomic E-state index is 12.9. The van der Waals surface area contributed by atoms with Crippen LogP contribution in [-0.2, 0) is 23.8 Å². The molecule has 0 bridgehead atoms. The molecule has 0 aliphatic rings. The zero-order valence-corrected chi connectivity index (χ0v) is 49.3. The number of carbonyl (C=O) groups excluding carboxylic acids is 2. The predicted octanol–water partition coefficient (Wildman–Crippen LogP) is 22.4. The van der Waals surface area contributed by atoms with Crippen molar-refractivity contribution in [2.24, 2.45) is 0 Å². The summed E-state index contributed by atoms with van der Waals surface area (Å²) in [7, 11) is 0. The van der Waals surface area contributed by atoms with Gasteiger partial charge in [-0.2, -0.15) is 0 Å². The molecule has 0 N–H and O–H groups in total. The van der Waals surface area contributed by atoms with Crippen molar-refractivity contribution in [2.75, 3.05) is 19.8 Å². The normalized spacial score (nSPS) is 12.7. The van der Waals surface area contributed by atoms with Crippen molar-refractivity contribution in [1.82, 2.24) is 0 Å². The molecule has 0 radical (unpaired) electrons. The minimum Gasteiger partial charge on any atom is -0.462 e. The van der Waals surface area contributed by atoms with E-state index in [0.29, 0.717) is 25.9 Å². The Labute approximate surface area is 460 Å². The van der Waals surface area contributed by atoms with Crippen LogP contribution in [0.4, 0.5) is 0 Å². The molecule has 0 rings (SSSR count). The lowest BCUT2D eigenvalue weighted by molar-refractivity contribution is -0.162. The number of rotatable bonds is 59. The third kappa shape index (κ3) is 61.6. The number of hydrogen-bond acceptors (Lipinski definition) is 5. The van der Waals surface area contributed by atoms with E-state index in [-0.39, 0.29) is 25.2 Å². The van der Waals surface area contributed by atoms with E-state index in [1.807, 2.05) is 6.08 Å². The smallest absolute Gasteiger partial charge is 0.306 e. The molecule has 74 heavy (non-hydrogen) atoms. The minimum absolute atomic E-state index is 0.0451. The molecule has 0 aromatic heterocycles. The fourth-order valence-electron chi connectivity index (χ4n) is 9.18. The molecule has 1 unspecified atom stereocenters. The second kappa shape index (κ2) is 64.4. The Morgan fingerprint density at radius 1 is 0.311 bits per heavy atom. The molecule has 0 saturated carbocycles. The summed E-state index contributed by atoms with van der Waals surface area (Å²) in [6.07, 6.45) is 86.4. The van der Waals surface area contributed by atoms with Gasteiger partial charge in [0.05, 0.1) is 6.61 Å². The molecular weight excluding hydrogens is 909 g/mol. The van der Waals surface area contributed by atoms with Gasteiger partial charge < -0.3 is 14.2 Å². The molecule has 0 aromatic carbocycles. The summed E-state index contributed by atoms with van der Waals surface area (Å²) in [5, 5.41) is 0. The second-order valence-electron chi connectivity index (χ2n) is 21.3. The standard InChI is InChI=1S/C69H122O5/c1-4-7-10-13-16-19-22-25-28-31-34-37-40-43-46-49-52-55-58-61-64-72-65-67(74-69(71)63-60-57-54-51-48-45-42-39-36-33-30-27-24-21-18-15-12-9-6-3)66-73-68(70)62-59-56-53-50-47-44-41-38-35-32-29-26-23-20-17-14-11-8-5-2/h8,11,17,20,25-26,28-29,35,38,44,47,53,56,67H,4-7,9-10,12-16,18-19,21-24,27,30-34,36-37,39-43,45-46,48-52,54-55,57-66H2,1-3H3/b11-8-,20-17-,28-25-,29-26-,38-35-,47-44-,56-53-. The third-order valence-electron chi connectivity index (χ3n) is 13.9. The van der Waals surface area contributed by atoms with Crippen LogP contribution in [0.25, 0.3) is 0 Å². The summed E-state index contributed by atoms with van der Waals surface area (Å²) in [5.41, 5.74) is 0. The summed E-state index contributed by atoms with van der Waals surface area (Å²) in [6.45, 7) is 7.68. The first kappa shape index (κ1) is 71.1. The van der Waals surface area contributed by atoms with Gasteiger partial charge in [0.15, 0.2) is 6.10 Å². The van der Waals surface area contributed by atoms with Gasteiger partial charge in [-0.1, -0.05) is 305 Å². The number of ether oxygens (including phenoxy) is 3. The van der Waals surface area contributed by atoms with Gasteiger partial charge >= 0.3 is 11.9 Å². The van der Waals surface area contributed by atoms with Gasteiger partial charge in [0, 0.05) is 19.4 Å². The molecule has 0 saturated heterocycles. The third-order valence-corrected chi connectivity index (χ3v) is 13.9. The quantitative estimate of drug-likeness (QED) is 0.0345. The highest BCUT2D eigenvalue weighted by molar-refractivity contribution is 5.70. The largest absolute Gasteiger partial charge is 0.462 e. The number of hydrogen-bond donors (Lipinski definition) is 0. The lowest BCUT2D eigenvalue weighted by Gasteiger charge is -2.18. The molecule has 0 amide bonds. The van der Waals surface area contributed by atoms with Crippen LogP contribution in [0.1, 0.15) is 316 Å². The first-order valence-corrected chi connectivity index (χ1v) is 32.1. The molecule has 1 atom stereocenters. The Balaban J connectivity index is 4.36. The molecular formula is C69H122O5. The maximum absolute atomic E-state index is 12.9. The molecule has 0 aliphatic heterocycles. The Bertz CT molecular complexity index is 1350. The first-order valence-electron chi connectivity index (χ1n) is 32.1. The van der Waals surface area contributed by atoms with Crippen LogP contribution in [-0.4, -0.2) is 37.9 Å². The van der Waals surface area contributed by atoms with E-state index < -0.39 is 6.10 Å². The van der Waals surface area contributed by atoms with Gasteiger partial charge in [-0.05, 0) is 83.5 Å². The highest BCUT2D eigenvalue weighted by Crippen LogP contribution is 2.17. The summed E-state index contributed by atoms with van der Waals surface area (Å²) < 4.78 is 17.5. The minimum atomic E-state index is -0.571. The van der Waals surface area contributed by atoms with Crippen molar-refractivity contribution in [3.8, 4) is 0 Å². The number of unbranched alkanes of at least 4 members (excludes halogenated alkanes) is 34. The lowest BCUT2D eigenvalue weighted by Crippen LogP contribution is -2.30. The van der Waals surface area contributed by atoms with Crippen LogP contribution in [0, 0.1) is 0 Å². The van der Waals surface area contributed by atoms with E-state index in [0.717, 1.165) is 64.2 Å². The van der Waals surface area contributed by atoms with E-state index in [9.17, 15) is 9.59 Å². The number of carbonyl (C=O) groups is 2. The summed E-state index contributed by atoms with van der Waals surface area (Å²) >= 11 is 0. The molecule has 428 valence electrons. The number of esters is 2. The van der Waals surface area contributed by atoms with Crippen molar-refractivity contribution < 1.29 is 23.8 Å². The fraction of sp³-hybridized carbons (Fsp3) is 0.768.